The van der Waals surface area contributed by atoms with E-state index in [1.54, 1.807) is 0 Å². The van der Waals surface area contributed by atoms with Crippen LogP contribution in [0.15, 0.2) is 0 Å². The molecule has 1 heterocycles. The van der Waals surface area contributed by atoms with Gasteiger partial charge >= 0.3 is 21.5 Å². The number of nitrogens with one attached hydrogen (secondary N) is 1. The monoisotopic (exact) mass is 276 g/mol. The molecular weight excluding hydrogens is 269 g/mol. The average molecular weight is 276 g/mol. The number of sulfonamides is 1. The van der Waals surface area contributed by atoms with Gasteiger partial charge in [-0.25, -0.2) is 8.42 Å². The predicted octanol–water partition coefficient (Wildman–Crippen LogP) is -1.28. The molecule has 1 rings (SSSR count). The lowest BCUT2D eigenvalue weighted by molar-refractivity contribution is -0.143. The summed E-state index contributed by atoms with van der Waals surface area (Å²) in [6, 6.07) is -1.96. The van der Waals surface area contributed by atoms with Gasteiger partial charge in [0.25, 0.3) is 0 Å². The predicted molar refractivity (Wildman–Crippen MR) is 46.1 cm³/mol. The SMILES string of the molecule is O=C1CN(S(=O)(=O)C(F)(F)F)C(C(=O)O)CN1. The largest absolute Gasteiger partial charge is 0.511 e. The van der Waals surface area contributed by atoms with Crippen LogP contribution in [-0.4, -0.2) is 54.3 Å². The van der Waals surface area contributed by atoms with Crippen LogP contribution >= 0.6 is 0 Å². The quantitative estimate of drug-likeness (QED) is 0.654. The van der Waals surface area contributed by atoms with E-state index in [4.69, 9.17) is 5.11 Å². The van der Waals surface area contributed by atoms with Gasteiger partial charge in [0, 0.05) is 6.54 Å². The molecule has 1 saturated heterocycles. The second kappa shape index (κ2) is 4.14. The maximum absolute atomic E-state index is 12.2. The van der Waals surface area contributed by atoms with Gasteiger partial charge in [-0.2, -0.15) is 17.5 Å². The number of carbonyl (C=O) groups is 2. The molecule has 0 spiro atoms. The van der Waals surface area contributed by atoms with Crippen LogP contribution in [0, 0.1) is 0 Å². The highest BCUT2D eigenvalue weighted by molar-refractivity contribution is 7.90. The number of amides is 1. The number of nitrogens with zero attached hydrogens (tertiary/aromatic N) is 1. The number of carboxylic acids is 1. The Morgan fingerprint density at radius 3 is 2.41 bits per heavy atom. The molecule has 0 saturated carbocycles. The lowest BCUT2D eigenvalue weighted by Gasteiger charge is -2.31. The molecule has 17 heavy (non-hydrogen) atoms. The zero-order chi connectivity index (χ0) is 13.4. The first kappa shape index (κ1) is 13.7. The fraction of sp³-hybridized carbons (Fsp3) is 0.667. The third-order valence-corrected chi connectivity index (χ3v) is 3.61. The molecule has 2 N–H and O–H groups in total. The van der Waals surface area contributed by atoms with Gasteiger partial charge in [0.2, 0.25) is 5.91 Å². The lowest BCUT2D eigenvalue weighted by Crippen LogP contribution is -2.61. The lowest BCUT2D eigenvalue weighted by atomic mass is 10.2. The van der Waals surface area contributed by atoms with Crippen molar-refractivity contribution in [3.8, 4) is 0 Å². The summed E-state index contributed by atoms with van der Waals surface area (Å²) in [4.78, 5) is 21.5. The molecule has 11 heteroatoms. The van der Waals surface area contributed by atoms with Crippen molar-refractivity contribution in [2.24, 2.45) is 0 Å². The van der Waals surface area contributed by atoms with Crippen LogP contribution in [0.2, 0.25) is 0 Å². The molecule has 1 aliphatic heterocycles. The number of alkyl halides is 3. The molecule has 1 unspecified atom stereocenters. The summed E-state index contributed by atoms with van der Waals surface area (Å²) >= 11 is 0. The Kier molecular flexibility index (Phi) is 3.34. The molecule has 1 atom stereocenters. The molecule has 7 nitrogen and oxygen atoms in total. The van der Waals surface area contributed by atoms with Crippen LogP contribution in [0.25, 0.3) is 0 Å². The minimum absolute atomic E-state index is 0.367. The zero-order valence-electron chi connectivity index (χ0n) is 8.06. The smallest absolute Gasteiger partial charge is 0.480 e. The Balaban J connectivity index is 3.15. The van der Waals surface area contributed by atoms with Gasteiger partial charge in [0.15, 0.2) is 0 Å². The van der Waals surface area contributed by atoms with Crippen molar-refractivity contribution in [3.05, 3.63) is 0 Å². The van der Waals surface area contributed by atoms with E-state index in [-0.39, 0.29) is 4.31 Å². The second-order valence-electron chi connectivity index (χ2n) is 3.15. The summed E-state index contributed by atoms with van der Waals surface area (Å²) < 4.78 is 58.4. The second-order valence-corrected chi connectivity index (χ2v) is 5.04. The summed E-state index contributed by atoms with van der Waals surface area (Å²) in [5.74, 6) is -2.76. The van der Waals surface area contributed by atoms with E-state index in [0.29, 0.717) is 0 Å². The Hall–Kier alpha value is -1.36. The van der Waals surface area contributed by atoms with Crippen LogP contribution in [0.1, 0.15) is 0 Å². The molecule has 98 valence electrons. The number of carboxylic acid groups (broad SMARTS) is 1. The number of rotatable bonds is 2. The van der Waals surface area contributed by atoms with E-state index in [2.05, 4.69) is 0 Å². The van der Waals surface area contributed by atoms with E-state index in [0.717, 1.165) is 0 Å². The highest BCUT2D eigenvalue weighted by Gasteiger charge is 2.54. The summed E-state index contributed by atoms with van der Waals surface area (Å²) in [7, 11) is -5.83. The molecule has 1 fully saturated rings. The number of carbonyl (C=O) groups excluding carboxylic acids is 1. The minimum atomic E-state index is -5.83. The van der Waals surface area contributed by atoms with Crippen molar-refractivity contribution in [2.45, 2.75) is 11.6 Å². The van der Waals surface area contributed by atoms with Crippen molar-refractivity contribution in [3.63, 3.8) is 0 Å². The Morgan fingerprint density at radius 2 is 2.00 bits per heavy atom. The van der Waals surface area contributed by atoms with Crippen molar-refractivity contribution in [1.29, 1.82) is 0 Å². The van der Waals surface area contributed by atoms with Crippen LogP contribution < -0.4 is 5.32 Å². The van der Waals surface area contributed by atoms with Crippen LogP contribution in [0.5, 0.6) is 0 Å². The molecule has 1 amide bonds. The maximum atomic E-state index is 12.2. The Labute approximate surface area is 93.2 Å². The normalized spacial score (nSPS) is 23.2. The standard InChI is InChI=1S/C6H7F3N2O5S/c7-6(8,9)17(15,16)11-2-4(12)10-1-3(11)5(13)14/h3H,1-2H2,(H,10,12)(H,13,14). The minimum Gasteiger partial charge on any atom is -0.480 e. The number of halogens is 3. The van der Waals surface area contributed by atoms with Gasteiger partial charge in [-0.15, -0.1) is 0 Å². The maximum Gasteiger partial charge on any atom is 0.511 e. The molecule has 0 aromatic heterocycles. The first-order valence-electron chi connectivity index (χ1n) is 4.15. The van der Waals surface area contributed by atoms with Crippen LogP contribution in [0.3, 0.4) is 0 Å². The first-order chi connectivity index (χ1) is 7.57. The molecule has 1 aliphatic rings. The number of hydrogen-bond acceptors (Lipinski definition) is 4. The molecule has 0 bridgehead atoms. The van der Waals surface area contributed by atoms with E-state index >= 15 is 0 Å². The Bertz CT molecular complexity index is 445. The highest BCUT2D eigenvalue weighted by Crippen LogP contribution is 2.28. The van der Waals surface area contributed by atoms with Crippen molar-refractivity contribution < 1.29 is 36.3 Å². The topological polar surface area (TPSA) is 104 Å². The van der Waals surface area contributed by atoms with Crippen LogP contribution in [-0.2, 0) is 19.6 Å². The fourth-order valence-corrected chi connectivity index (χ4v) is 2.27. The molecule has 0 aromatic rings. The van der Waals surface area contributed by atoms with Gasteiger partial charge in [0.1, 0.15) is 6.04 Å². The van der Waals surface area contributed by atoms with E-state index in [1.807, 2.05) is 5.32 Å². The van der Waals surface area contributed by atoms with Gasteiger partial charge < -0.3 is 10.4 Å². The average Bonchev–Trinajstić information content (AvgIpc) is 2.15. The van der Waals surface area contributed by atoms with Gasteiger partial charge in [-0.3, -0.25) is 9.59 Å². The van der Waals surface area contributed by atoms with Gasteiger partial charge in [-0.1, -0.05) is 0 Å². The summed E-state index contributed by atoms with van der Waals surface area (Å²) in [5.41, 5.74) is -5.64. The molecular formula is C6H7F3N2O5S. The number of hydrogen-bond donors (Lipinski definition) is 2. The molecule has 0 aliphatic carbocycles. The fourth-order valence-electron chi connectivity index (χ4n) is 1.22. The van der Waals surface area contributed by atoms with E-state index < -0.39 is 46.5 Å². The van der Waals surface area contributed by atoms with Crippen molar-refractivity contribution in [2.75, 3.05) is 13.1 Å². The van der Waals surface area contributed by atoms with E-state index in [9.17, 15) is 31.2 Å². The zero-order valence-corrected chi connectivity index (χ0v) is 8.88. The van der Waals surface area contributed by atoms with Crippen molar-refractivity contribution >= 4 is 21.9 Å². The molecule has 0 radical (unpaired) electrons. The van der Waals surface area contributed by atoms with Gasteiger partial charge in [-0.05, 0) is 0 Å². The number of aliphatic carboxylic acids is 1. The van der Waals surface area contributed by atoms with Gasteiger partial charge in [0.05, 0.1) is 6.54 Å². The third kappa shape index (κ3) is 2.49. The summed E-state index contributed by atoms with van der Waals surface area (Å²) in [6.45, 7) is -1.87. The summed E-state index contributed by atoms with van der Waals surface area (Å²) in [5, 5.41) is 10.6. The summed E-state index contributed by atoms with van der Waals surface area (Å²) in [6.07, 6.45) is 0. The number of piperazine rings is 1. The highest BCUT2D eigenvalue weighted by atomic mass is 32.2. The van der Waals surface area contributed by atoms with E-state index in [1.165, 1.54) is 0 Å². The first-order valence-corrected chi connectivity index (χ1v) is 5.59. The van der Waals surface area contributed by atoms with Crippen LogP contribution in [0.4, 0.5) is 13.2 Å². The Morgan fingerprint density at radius 1 is 1.47 bits per heavy atom. The van der Waals surface area contributed by atoms with Crippen molar-refractivity contribution in [1.82, 2.24) is 9.62 Å². The third-order valence-electron chi connectivity index (χ3n) is 2.03. The molecule has 0 aromatic carbocycles.